The van der Waals surface area contributed by atoms with Crippen LogP contribution in [-0.2, 0) is 6.54 Å². The SMILES string of the molecule is c1coc(CNc2nccn3c(-c4cccc5cccnc45)cnc23)c1. The van der Waals surface area contributed by atoms with Crippen molar-refractivity contribution < 1.29 is 4.42 Å². The number of hydrogen-bond donors (Lipinski definition) is 1. The van der Waals surface area contributed by atoms with E-state index in [1.54, 1.807) is 12.5 Å². The van der Waals surface area contributed by atoms with Crippen LogP contribution in [0.5, 0.6) is 0 Å². The molecule has 0 radical (unpaired) electrons. The summed E-state index contributed by atoms with van der Waals surface area (Å²) in [6.07, 6.45) is 9.01. The van der Waals surface area contributed by atoms with Crippen LogP contribution in [0.4, 0.5) is 5.82 Å². The van der Waals surface area contributed by atoms with Gasteiger partial charge < -0.3 is 9.73 Å². The number of nitrogens with zero attached hydrogens (tertiary/aromatic N) is 4. The lowest BCUT2D eigenvalue weighted by molar-refractivity contribution is 0.518. The zero-order chi connectivity index (χ0) is 17.3. The fraction of sp³-hybridized carbons (Fsp3) is 0.0500. The van der Waals surface area contributed by atoms with Gasteiger partial charge in [-0.05, 0) is 18.2 Å². The maximum absolute atomic E-state index is 5.36. The van der Waals surface area contributed by atoms with Gasteiger partial charge in [-0.3, -0.25) is 9.38 Å². The molecule has 5 aromatic rings. The van der Waals surface area contributed by atoms with Crippen LogP contribution in [0.25, 0.3) is 27.8 Å². The number of nitrogens with one attached hydrogen (secondary N) is 1. The van der Waals surface area contributed by atoms with E-state index in [1.165, 1.54) is 0 Å². The molecule has 0 aliphatic heterocycles. The van der Waals surface area contributed by atoms with Gasteiger partial charge in [0, 0.05) is 29.5 Å². The molecule has 6 nitrogen and oxygen atoms in total. The van der Waals surface area contributed by atoms with Gasteiger partial charge in [-0.2, -0.15) is 0 Å². The monoisotopic (exact) mass is 341 g/mol. The van der Waals surface area contributed by atoms with E-state index in [2.05, 4.69) is 38.5 Å². The highest BCUT2D eigenvalue weighted by atomic mass is 16.3. The maximum atomic E-state index is 5.36. The highest BCUT2D eigenvalue weighted by Crippen LogP contribution is 2.28. The molecule has 0 aliphatic carbocycles. The van der Waals surface area contributed by atoms with Gasteiger partial charge >= 0.3 is 0 Å². The second kappa shape index (κ2) is 6.00. The van der Waals surface area contributed by atoms with Crippen molar-refractivity contribution in [1.29, 1.82) is 0 Å². The second-order valence-corrected chi connectivity index (χ2v) is 5.93. The third kappa shape index (κ3) is 2.39. The van der Waals surface area contributed by atoms with Crippen molar-refractivity contribution in [2.45, 2.75) is 6.54 Å². The number of benzene rings is 1. The van der Waals surface area contributed by atoms with Crippen LogP contribution in [0.2, 0.25) is 0 Å². The van der Waals surface area contributed by atoms with Gasteiger partial charge in [0.25, 0.3) is 0 Å². The van der Waals surface area contributed by atoms with E-state index in [0.717, 1.165) is 33.6 Å². The molecule has 126 valence electrons. The number of hydrogen-bond acceptors (Lipinski definition) is 5. The summed E-state index contributed by atoms with van der Waals surface area (Å²) in [7, 11) is 0. The minimum absolute atomic E-state index is 0.553. The predicted molar refractivity (Wildman–Crippen MR) is 99.8 cm³/mol. The summed E-state index contributed by atoms with van der Waals surface area (Å²) in [5, 5.41) is 4.39. The molecular weight excluding hydrogens is 326 g/mol. The number of anilines is 1. The quantitative estimate of drug-likeness (QED) is 0.532. The van der Waals surface area contributed by atoms with Gasteiger partial charge in [0.15, 0.2) is 11.5 Å². The van der Waals surface area contributed by atoms with Crippen LogP contribution in [0.3, 0.4) is 0 Å². The maximum Gasteiger partial charge on any atom is 0.180 e. The van der Waals surface area contributed by atoms with Crippen molar-refractivity contribution in [3.05, 3.63) is 79.3 Å². The molecule has 0 fully saturated rings. The smallest absolute Gasteiger partial charge is 0.180 e. The molecule has 0 spiro atoms. The van der Waals surface area contributed by atoms with Crippen molar-refractivity contribution in [2.24, 2.45) is 0 Å². The molecule has 26 heavy (non-hydrogen) atoms. The zero-order valence-corrected chi connectivity index (χ0v) is 13.8. The largest absolute Gasteiger partial charge is 0.467 e. The molecule has 6 heteroatoms. The van der Waals surface area contributed by atoms with Crippen LogP contribution in [-0.4, -0.2) is 19.4 Å². The number of furan rings is 1. The van der Waals surface area contributed by atoms with Crippen LogP contribution >= 0.6 is 0 Å². The van der Waals surface area contributed by atoms with Crippen molar-refractivity contribution in [3.8, 4) is 11.3 Å². The van der Waals surface area contributed by atoms with Crippen molar-refractivity contribution >= 4 is 22.4 Å². The number of aromatic nitrogens is 4. The van der Waals surface area contributed by atoms with Gasteiger partial charge in [0.1, 0.15) is 5.76 Å². The number of para-hydroxylation sites is 1. The Balaban J connectivity index is 1.60. The first kappa shape index (κ1) is 14.7. The predicted octanol–water partition coefficient (Wildman–Crippen LogP) is 4.15. The minimum Gasteiger partial charge on any atom is -0.467 e. The van der Waals surface area contributed by atoms with E-state index in [4.69, 9.17) is 4.42 Å². The molecule has 0 saturated heterocycles. The van der Waals surface area contributed by atoms with E-state index in [-0.39, 0.29) is 0 Å². The summed E-state index contributed by atoms with van der Waals surface area (Å²) >= 11 is 0. The Morgan fingerprint density at radius 1 is 0.962 bits per heavy atom. The first-order valence-corrected chi connectivity index (χ1v) is 8.32. The topological polar surface area (TPSA) is 68.2 Å². The fourth-order valence-electron chi connectivity index (χ4n) is 3.14. The Hall–Kier alpha value is -3.67. The Labute approximate surface area is 149 Å². The average molecular weight is 341 g/mol. The summed E-state index contributed by atoms with van der Waals surface area (Å²) in [5.74, 6) is 1.56. The summed E-state index contributed by atoms with van der Waals surface area (Å²) in [5.41, 5.74) is 3.74. The van der Waals surface area contributed by atoms with Gasteiger partial charge in [-0.25, -0.2) is 9.97 Å². The first-order chi connectivity index (χ1) is 12.9. The van der Waals surface area contributed by atoms with Crippen LogP contribution < -0.4 is 5.32 Å². The third-order valence-corrected chi connectivity index (χ3v) is 4.35. The highest BCUT2D eigenvalue weighted by molar-refractivity contribution is 5.93. The lowest BCUT2D eigenvalue weighted by Crippen LogP contribution is -2.03. The van der Waals surface area contributed by atoms with Gasteiger partial charge in [-0.15, -0.1) is 0 Å². The lowest BCUT2D eigenvalue weighted by atomic mass is 10.1. The summed E-state index contributed by atoms with van der Waals surface area (Å²) in [4.78, 5) is 13.6. The van der Waals surface area contributed by atoms with Crippen molar-refractivity contribution in [2.75, 3.05) is 5.32 Å². The fourth-order valence-corrected chi connectivity index (χ4v) is 3.14. The molecule has 0 saturated carbocycles. The van der Waals surface area contributed by atoms with Crippen molar-refractivity contribution in [1.82, 2.24) is 19.4 Å². The lowest BCUT2D eigenvalue weighted by Gasteiger charge is -2.08. The summed E-state index contributed by atoms with van der Waals surface area (Å²) < 4.78 is 7.39. The molecule has 0 amide bonds. The highest BCUT2D eigenvalue weighted by Gasteiger charge is 2.13. The zero-order valence-electron chi connectivity index (χ0n) is 13.8. The Bertz CT molecular complexity index is 1190. The van der Waals surface area contributed by atoms with E-state index in [0.29, 0.717) is 12.4 Å². The number of imidazole rings is 1. The molecule has 0 atom stereocenters. The number of rotatable bonds is 4. The van der Waals surface area contributed by atoms with E-state index in [9.17, 15) is 0 Å². The normalized spacial score (nSPS) is 11.2. The molecule has 0 unspecified atom stereocenters. The van der Waals surface area contributed by atoms with Gasteiger partial charge in [-0.1, -0.05) is 24.3 Å². The molecule has 4 heterocycles. The number of fused-ring (bicyclic) bond motifs is 2. The minimum atomic E-state index is 0.553. The molecule has 5 rings (SSSR count). The van der Waals surface area contributed by atoms with E-state index < -0.39 is 0 Å². The van der Waals surface area contributed by atoms with Gasteiger partial charge in [0.05, 0.1) is 30.2 Å². The number of pyridine rings is 1. The average Bonchev–Trinajstić information content (AvgIpc) is 3.36. The molecule has 1 N–H and O–H groups in total. The molecule has 1 aromatic carbocycles. The molecular formula is C20H15N5O. The molecule has 0 aliphatic rings. The van der Waals surface area contributed by atoms with Crippen LogP contribution in [0.15, 0.2) is 77.9 Å². The first-order valence-electron chi connectivity index (χ1n) is 8.32. The Kier molecular flexibility index (Phi) is 3.38. The Morgan fingerprint density at radius 2 is 1.92 bits per heavy atom. The molecule has 0 bridgehead atoms. The van der Waals surface area contributed by atoms with Crippen molar-refractivity contribution in [3.63, 3.8) is 0 Å². The van der Waals surface area contributed by atoms with E-state index in [1.807, 2.05) is 47.3 Å². The van der Waals surface area contributed by atoms with Crippen LogP contribution in [0.1, 0.15) is 5.76 Å². The third-order valence-electron chi connectivity index (χ3n) is 4.35. The second-order valence-electron chi connectivity index (χ2n) is 5.93. The summed E-state index contributed by atoms with van der Waals surface area (Å²) in [6, 6.07) is 14.0. The standard InChI is InChI=1S/C20H15N5O/c1-4-14-5-2-8-21-18(14)16(7-1)17-13-24-20-19(22-9-10-25(17)20)23-12-15-6-3-11-26-15/h1-11,13H,12H2,(H,22,23). The van der Waals surface area contributed by atoms with E-state index >= 15 is 0 Å². The summed E-state index contributed by atoms with van der Waals surface area (Å²) in [6.45, 7) is 0.553. The van der Waals surface area contributed by atoms with Crippen LogP contribution in [0, 0.1) is 0 Å². The van der Waals surface area contributed by atoms with Gasteiger partial charge in [0.2, 0.25) is 0 Å². The Morgan fingerprint density at radius 3 is 2.85 bits per heavy atom. The molecule has 4 aromatic heterocycles.